The predicted octanol–water partition coefficient (Wildman–Crippen LogP) is 0.299. The number of rotatable bonds is 4. The van der Waals surface area contributed by atoms with Gasteiger partial charge in [0.25, 0.3) is 0 Å². The second-order valence-electron chi connectivity index (χ2n) is 2.75. The maximum atomic E-state index is 11.4. The summed E-state index contributed by atoms with van der Waals surface area (Å²) in [5, 5.41) is 14.6. The van der Waals surface area contributed by atoms with Gasteiger partial charge in [0, 0.05) is 6.54 Å². The highest BCUT2D eigenvalue weighted by atomic mass is 79.9. The van der Waals surface area contributed by atoms with Gasteiger partial charge in [0.1, 0.15) is 0 Å². The Hall–Kier alpha value is -1.48. The van der Waals surface area contributed by atoms with E-state index in [1.165, 1.54) is 0 Å². The Morgan fingerprint density at radius 1 is 1.75 bits per heavy atom. The van der Waals surface area contributed by atoms with Crippen LogP contribution in [0.5, 0.6) is 0 Å². The maximum Gasteiger partial charge on any atom is 0.363 e. The molecule has 0 aliphatic heterocycles. The van der Waals surface area contributed by atoms with E-state index in [4.69, 9.17) is 5.73 Å². The van der Waals surface area contributed by atoms with E-state index >= 15 is 0 Å². The first kappa shape index (κ1) is 12.6. The highest BCUT2D eigenvalue weighted by Crippen LogP contribution is 2.28. The van der Waals surface area contributed by atoms with Crippen LogP contribution < -0.4 is 5.73 Å². The average Bonchev–Trinajstić information content (AvgIpc) is 2.54. The number of methoxy groups -OCH3 is 1. The fraction of sp³-hybridized carbons (Fsp3) is 0.429. The Bertz CT molecular complexity index is 430. The second-order valence-corrected chi connectivity index (χ2v) is 3.50. The van der Waals surface area contributed by atoms with Gasteiger partial charge in [0.15, 0.2) is 0 Å². The summed E-state index contributed by atoms with van der Waals surface area (Å²) in [6.07, 6.45) is 0. The quantitative estimate of drug-likeness (QED) is 0.485. The molecule has 0 saturated carbocycles. The molecule has 2 N–H and O–H groups in total. The molecule has 1 aromatic heterocycles. The normalized spacial score (nSPS) is 10.2. The molecule has 16 heavy (non-hydrogen) atoms. The molecule has 0 bridgehead atoms. The van der Waals surface area contributed by atoms with E-state index in [1.54, 1.807) is 0 Å². The van der Waals surface area contributed by atoms with E-state index in [9.17, 15) is 14.9 Å². The number of hydrogen-bond acceptors (Lipinski definition) is 6. The Balaban J connectivity index is 3.36. The van der Waals surface area contributed by atoms with Crippen molar-refractivity contribution in [2.24, 2.45) is 5.73 Å². The SMILES string of the molecule is COC(=O)c1c([N+](=O)[O-])c(Br)nn1CCN. The summed E-state index contributed by atoms with van der Waals surface area (Å²) in [6, 6.07) is 0. The average molecular weight is 293 g/mol. The fourth-order valence-electron chi connectivity index (χ4n) is 1.17. The minimum absolute atomic E-state index is 0.0219. The third-order valence-corrected chi connectivity index (χ3v) is 2.32. The van der Waals surface area contributed by atoms with Gasteiger partial charge in [-0.2, -0.15) is 5.10 Å². The van der Waals surface area contributed by atoms with E-state index in [0.717, 1.165) is 11.8 Å². The van der Waals surface area contributed by atoms with Gasteiger partial charge in [-0.3, -0.25) is 10.1 Å². The zero-order valence-corrected chi connectivity index (χ0v) is 9.93. The molecule has 9 heteroatoms. The van der Waals surface area contributed by atoms with Crippen molar-refractivity contribution in [3.63, 3.8) is 0 Å². The molecule has 88 valence electrons. The van der Waals surface area contributed by atoms with Crippen LogP contribution in [0.2, 0.25) is 0 Å². The molecular formula is C7H9BrN4O4. The lowest BCUT2D eigenvalue weighted by atomic mass is 10.3. The first-order valence-corrected chi connectivity index (χ1v) is 5.01. The lowest BCUT2D eigenvalue weighted by Crippen LogP contribution is -2.18. The first-order chi connectivity index (χ1) is 7.52. The van der Waals surface area contributed by atoms with Crippen LogP contribution in [0.4, 0.5) is 5.69 Å². The van der Waals surface area contributed by atoms with Crippen molar-refractivity contribution in [1.29, 1.82) is 0 Å². The Morgan fingerprint density at radius 3 is 2.81 bits per heavy atom. The second kappa shape index (κ2) is 5.03. The number of aromatic nitrogens is 2. The molecule has 0 aromatic carbocycles. The molecule has 8 nitrogen and oxygen atoms in total. The van der Waals surface area contributed by atoms with Crippen LogP contribution >= 0.6 is 15.9 Å². The van der Waals surface area contributed by atoms with Crippen LogP contribution in [0.1, 0.15) is 10.5 Å². The van der Waals surface area contributed by atoms with E-state index in [0.29, 0.717) is 0 Å². The van der Waals surface area contributed by atoms with Crippen molar-refractivity contribution in [3.8, 4) is 0 Å². The third-order valence-electron chi connectivity index (χ3n) is 1.79. The van der Waals surface area contributed by atoms with E-state index in [-0.39, 0.29) is 23.4 Å². The minimum atomic E-state index is -0.821. The number of carbonyl (C=O) groups excluding carboxylic acids is 1. The summed E-state index contributed by atoms with van der Waals surface area (Å²) in [7, 11) is 1.14. The molecule has 0 unspecified atom stereocenters. The van der Waals surface area contributed by atoms with Crippen molar-refractivity contribution < 1.29 is 14.5 Å². The molecule has 0 aliphatic rings. The van der Waals surface area contributed by atoms with Gasteiger partial charge < -0.3 is 10.5 Å². The number of carbonyl (C=O) groups is 1. The maximum absolute atomic E-state index is 11.4. The zero-order valence-electron chi connectivity index (χ0n) is 8.34. The molecule has 0 amide bonds. The summed E-state index contributed by atoms with van der Waals surface area (Å²) in [5.74, 6) is -0.821. The number of esters is 1. The predicted molar refractivity (Wildman–Crippen MR) is 57.0 cm³/mol. The first-order valence-electron chi connectivity index (χ1n) is 4.22. The van der Waals surface area contributed by atoms with Gasteiger partial charge in [-0.05, 0) is 15.9 Å². The van der Waals surface area contributed by atoms with E-state index in [1.807, 2.05) is 0 Å². The summed E-state index contributed by atoms with van der Waals surface area (Å²) in [4.78, 5) is 21.5. The molecule has 1 aromatic rings. The summed E-state index contributed by atoms with van der Waals surface area (Å²) < 4.78 is 5.59. The molecule has 1 heterocycles. The van der Waals surface area contributed by atoms with Gasteiger partial charge in [-0.25, -0.2) is 9.48 Å². The van der Waals surface area contributed by atoms with Crippen LogP contribution in [0.25, 0.3) is 0 Å². The van der Waals surface area contributed by atoms with Gasteiger partial charge in [-0.1, -0.05) is 0 Å². The molecule has 0 aliphatic carbocycles. The highest BCUT2D eigenvalue weighted by Gasteiger charge is 2.31. The standard InChI is InChI=1S/C7H9BrN4O4/c1-16-7(13)5-4(12(14)15)6(8)10-11(5)3-2-9/h2-3,9H2,1H3. The van der Waals surface area contributed by atoms with Gasteiger partial charge in [0.05, 0.1) is 18.6 Å². The Labute approximate surface area is 98.6 Å². The van der Waals surface area contributed by atoms with Gasteiger partial charge in [0.2, 0.25) is 10.3 Å². The van der Waals surface area contributed by atoms with Crippen molar-refractivity contribution in [2.45, 2.75) is 6.54 Å². The minimum Gasteiger partial charge on any atom is -0.464 e. The highest BCUT2D eigenvalue weighted by molar-refractivity contribution is 9.10. The summed E-state index contributed by atoms with van der Waals surface area (Å²) in [5.41, 5.74) is 4.67. The van der Waals surface area contributed by atoms with Crippen molar-refractivity contribution in [2.75, 3.05) is 13.7 Å². The van der Waals surface area contributed by atoms with Crippen LogP contribution in [-0.2, 0) is 11.3 Å². The van der Waals surface area contributed by atoms with Gasteiger partial charge >= 0.3 is 11.7 Å². The number of halogens is 1. The van der Waals surface area contributed by atoms with Crippen molar-refractivity contribution in [1.82, 2.24) is 9.78 Å². The largest absolute Gasteiger partial charge is 0.464 e. The third kappa shape index (κ3) is 2.19. The van der Waals surface area contributed by atoms with Gasteiger partial charge in [-0.15, -0.1) is 0 Å². The Morgan fingerprint density at radius 2 is 2.38 bits per heavy atom. The lowest BCUT2D eigenvalue weighted by molar-refractivity contribution is -0.386. The molecule has 0 saturated heterocycles. The van der Waals surface area contributed by atoms with Crippen LogP contribution in [0.3, 0.4) is 0 Å². The van der Waals surface area contributed by atoms with E-state index < -0.39 is 16.6 Å². The van der Waals surface area contributed by atoms with Crippen molar-refractivity contribution in [3.05, 3.63) is 20.4 Å². The van der Waals surface area contributed by atoms with Crippen LogP contribution in [0, 0.1) is 10.1 Å². The number of nitrogens with zero attached hydrogens (tertiary/aromatic N) is 3. The summed E-state index contributed by atoms with van der Waals surface area (Å²) >= 11 is 2.91. The molecular weight excluding hydrogens is 284 g/mol. The molecule has 0 radical (unpaired) electrons. The lowest BCUT2D eigenvalue weighted by Gasteiger charge is -2.02. The van der Waals surface area contributed by atoms with Crippen LogP contribution in [0.15, 0.2) is 4.60 Å². The monoisotopic (exact) mass is 292 g/mol. The zero-order chi connectivity index (χ0) is 12.3. The summed E-state index contributed by atoms with van der Waals surface area (Å²) in [6.45, 7) is 0.395. The number of ether oxygens (including phenoxy) is 1. The number of hydrogen-bond donors (Lipinski definition) is 1. The molecule has 1 rings (SSSR count). The molecule has 0 fully saturated rings. The number of nitro groups is 1. The smallest absolute Gasteiger partial charge is 0.363 e. The number of nitrogens with two attached hydrogens (primary N) is 1. The van der Waals surface area contributed by atoms with Crippen LogP contribution in [-0.4, -0.2) is 34.3 Å². The fourth-order valence-corrected chi connectivity index (χ4v) is 1.69. The van der Waals surface area contributed by atoms with Crippen molar-refractivity contribution >= 4 is 27.6 Å². The molecule has 0 atom stereocenters. The Kier molecular flexibility index (Phi) is 3.96. The topological polar surface area (TPSA) is 113 Å². The van der Waals surface area contributed by atoms with E-state index in [2.05, 4.69) is 25.8 Å². The molecule has 0 spiro atoms.